The molecule has 0 fully saturated rings. The van der Waals surface area contributed by atoms with Crippen LogP contribution < -0.4 is 5.32 Å². The second kappa shape index (κ2) is 6.38. The van der Waals surface area contributed by atoms with Crippen molar-refractivity contribution in [2.75, 3.05) is 7.05 Å². The smallest absolute Gasteiger partial charge is 0.00141 e. The van der Waals surface area contributed by atoms with Crippen LogP contribution in [0.2, 0.25) is 0 Å². The topological polar surface area (TPSA) is 12.0 Å². The van der Waals surface area contributed by atoms with Crippen LogP contribution in [0.1, 0.15) is 18.7 Å². The molecule has 0 unspecified atom stereocenters. The van der Waals surface area contributed by atoms with E-state index in [4.69, 9.17) is 0 Å². The van der Waals surface area contributed by atoms with E-state index in [-0.39, 0.29) is 0 Å². The average Bonchev–Trinajstić information content (AvgIpc) is 2.41. The summed E-state index contributed by atoms with van der Waals surface area (Å²) in [6, 6.07) is 4.79. The number of aryl methyl sites for hydroxylation is 1. The van der Waals surface area contributed by atoms with E-state index in [0.29, 0.717) is 6.04 Å². The monoisotopic (exact) mass is 171 g/mol. The fourth-order valence-electron chi connectivity index (χ4n) is 0.361. The van der Waals surface area contributed by atoms with Crippen molar-refractivity contribution in [2.45, 2.75) is 26.8 Å². The standard InChI is InChI=1S/C5H6S.C4H11N/c1-5-3-2-4-6-5;1-4(2)5-3/h2-4H,1H3;4-5H,1-3H3. The van der Waals surface area contributed by atoms with Crippen LogP contribution in [-0.4, -0.2) is 13.1 Å². The fourth-order valence-corrected chi connectivity index (χ4v) is 0.890. The third-order valence-corrected chi connectivity index (χ3v) is 2.04. The van der Waals surface area contributed by atoms with Crippen LogP contribution in [0.4, 0.5) is 0 Å². The Balaban J connectivity index is 0.000000187. The minimum atomic E-state index is 0.634. The molecular weight excluding hydrogens is 154 g/mol. The van der Waals surface area contributed by atoms with Crippen LogP contribution in [0.3, 0.4) is 0 Å². The van der Waals surface area contributed by atoms with E-state index in [2.05, 4.69) is 43.6 Å². The Hall–Kier alpha value is -0.340. The van der Waals surface area contributed by atoms with Gasteiger partial charge in [-0.05, 0) is 25.4 Å². The van der Waals surface area contributed by atoms with Gasteiger partial charge in [0.1, 0.15) is 0 Å². The van der Waals surface area contributed by atoms with E-state index < -0.39 is 0 Å². The van der Waals surface area contributed by atoms with Gasteiger partial charge in [-0.1, -0.05) is 19.9 Å². The third kappa shape index (κ3) is 7.56. The largest absolute Gasteiger partial charge is 0.318 e. The normalized spacial score (nSPS) is 9.18. The van der Waals surface area contributed by atoms with Crippen molar-refractivity contribution in [2.24, 2.45) is 0 Å². The van der Waals surface area contributed by atoms with Gasteiger partial charge in [-0.2, -0.15) is 0 Å². The van der Waals surface area contributed by atoms with E-state index in [1.807, 2.05) is 7.05 Å². The lowest BCUT2D eigenvalue weighted by Crippen LogP contribution is -2.15. The molecule has 1 N–H and O–H groups in total. The van der Waals surface area contributed by atoms with Crippen LogP contribution in [0, 0.1) is 6.92 Å². The summed E-state index contributed by atoms with van der Waals surface area (Å²) >= 11 is 1.78. The highest BCUT2D eigenvalue weighted by molar-refractivity contribution is 7.09. The molecule has 0 radical (unpaired) electrons. The Morgan fingerprint density at radius 2 is 2.00 bits per heavy atom. The second-order valence-electron chi connectivity index (χ2n) is 2.67. The van der Waals surface area contributed by atoms with Crippen LogP contribution >= 0.6 is 11.3 Å². The van der Waals surface area contributed by atoms with Gasteiger partial charge in [-0.25, -0.2) is 0 Å². The maximum absolute atomic E-state index is 3.03. The minimum absolute atomic E-state index is 0.634. The van der Waals surface area contributed by atoms with Gasteiger partial charge < -0.3 is 5.32 Å². The van der Waals surface area contributed by atoms with E-state index in [9.17, 15) is 0 Å². The first-order chi connectivity index (χ1) is 5.16. The van der Waals surface area contributed by atoms with Gasteiger partial charge in [0.05, 0.1) is 0 Å². The van der Waals surface area contributed by atoms with Gasteiger partial charge in [0.25, 0.3) is 0 Å². The predicted molar refractivity (Wildman–Crippen MR) is 53.3 cm³/mol. The van der Waals surface area contributed by atoms with E-state index in [1.165, 1.54) is 4.88 Å². The van der Waals surface area contributed by atoms with E-state index in [0.717, 1.165) is 0 Å². The molecule has 0 spiro atoms. The molecule has 0 aromatic carbocycles. The lowest BCUT2D eigenvalue weighted by atomic mass is 10.4. The molecule has 0 amide bonds. The first-order valence-corrected chi connectivity index (χ1v) is 4.72. The zero-order valence-electron chi connectivity index (χ0n) is 7.72. The molecule has 1 nitrogen and oxygen atoms in total. The van der Waals surface area contributed by atoms with Crippen LogP contribution in [0.15, 0.2) is 17.5 Å². The third-order valence-electron chi connectivity index (χ3n) is 1.24. The Morgan fingerprint density at radius 1 is 1.45 bits per heavy atom. The van der Waals surface area contributed by atoms with Crippen LogP contribution in [0.25, 0.3) is 0 Å². The number of rotatable bonds is 1. The zero-order chi connectivity index (χ0) is 8.69. The van der Waals surface area contributed by atoms with Gasteiger partial charge in [0.2, 0.25) is 0 Å². The molecule has 11 heavy (non-hydrogen) atoms. The first-order valence-electron chi connectivity index (χ1n) is 3.84. The summed E-state index contributed by atoms with van der Waals surface area (Å²) < 4.78 is 0. The summed E-state index contributed by atoms with van der Waals surface area (Å²) in [5.74, 6) is 0. The highest BCUT2D eigenvalue weighted by Crippen LogP contribution is 2.03. The Bertz CT molecular complexity index is 156. The highest BCUT2D eigenvalue weighted by Gasteiger charge is 1.77. The van der Waals surface area contributed by atoms with Gasteiger partial charge in [0.15, 0.2) is 0 Å². The molecule has 0 saturated carbocycles. The molecule has 0 bridgehead atoms. The Labute approximate surface area is 73.5 Å². The molecule has 1 heterocycles. The second-order valence-corrected chi connectivity index (χ2v) is 3.82. The Morgan fingerprint density at radius 3 is 2.09 bits per heavy atom. The maximum Gasteiger partial charge on any atom is 0.00141 e. The van der Waals surface area contributed by atoms with Gasteiger partial charge in [-0.15, -0.1) is 11.3 Å². The van der Waals surface area contributed by atoms with E-state index >= 15 is 0 Å². The molecule has 2 heteroatoms. The molecule has 0 aliphatic heterocycles. The SMILES string of the molecule is CNC(C)C.Cc1cccs1. The lowest BCUT2D eigenvalue weighted by Gasteiger charge is -1.95. The summed E-state index contributed by atoms with van der Waals surface area (Å²) in [4.78, 5) is 1.38. The van der Waals surface area contributed by atoms with Crippen molar-refractivity contribution in [3.05, 3.63) is 22.4 Å². The molecule has 0 aliphatic carbocycles. The average molecular weight is 171 g/mol. The summed E-state index contributed by atoms with van der Waals surface area (Å²) in [6.07, 6.45) is 0. The minimum Gasteiger partial charge on any atom is -0.318 e. The number of hydrogen-bond donors (Lipinski definition) is 1. The van der Waals surface area contributed by atoms with Crippen molar-refractivity contribution in [1.29, 1.82) is 0 Å². The molecule has 0 saturated heterocycles. The molecular formula is C9H17NS. The van der Waals surface area contributed by atoms with Crippen LogP contribution in [-0.2, 0) is 0 Å². The zero-order valence-corrected chi connectivity index (χ0v) is 8.53. The number of hydrogen-bond acceptors (Lipinski definition) is 2. The lowest BCUT2D eigenvalue weighted by molar-refractivity contribution is 0.668. The molecule has 1 rings (SSSR count). The predicted octanol–water partition coefficient (Wildman–Crippen LogP) is 2.67. The van der Waals surface area contributed by atoms with Gasteiger partial charge in [-0.3, -0.25) is 0 Å². The number of nitrogens with one attached hydrogen (secondary N) is 1. The highest BCUT2D eigenvalue weighted by atomic mass is 32.1. The van der Waals surface area contributed by atoms with Crippen molar-refractivity contribution in [1.82, 2.24) is 5.32 Å². The molecule has 0 atom stereocenters. The quantitative estimate of drug-likeness (QED) is 0.685. The summed E-state index contributed by atoms with van der Waals surface area (Å²) in [7, 11) is 1.95. The summed E-state index contributed by atoms with van der Waals surface area (Å²) in [5, 5.41) is 5.11. The van der Waals surface area contributed by atoms with Crippen molar-refractivity contribution in [3.63, 3.8) is 0 Å². The molecule has 0 aliphatic rings. The molecule has 1 aromatic heterocycles. The number of thiophene rings is 1. The molecule has 64 valence electrons. The Kier molecular flexibility index (Phi) is 6.18. The molecule has 1 aromatic rings. The first kappa shape index (κ1) is 10.7. The van der Waals surface area contributed by atoms with Gasteiger partial charge in [0, 0.05) is 10.9 Å². The fraction of sp³-hybridized carbons (Fsp3) is 0.556. The van der Waals surface area contributed by atoms with E-state index in [1.54, 1.807) is 11.3 Å². The van der Waals surface area contributed by atoms with Crippen molar-refractivity contribution < 1.29 is 0 Å². The van der Waals surface area contributed by atoms with Crippen molar-refractivity contribution >= 4 is 11.3 Å². The van der Waals surface area contributed by atoms with Crippen LogP contribution in [0.5, 0.6) is 0 Å². The van der Waals surface area contributed by atoms with Crippen molar-refractivity contribution in [3.8, 4) is 0 Å². The summed E-state index contributed by atoms with van der Waals surface area (Å²) in [5.41, 5.74) is 0. The maximum atomic E-state index is 3.03. The van der Waals surface area contributed by atoms with Gasteiger partial charge >= 0.3 is 0 Å². The summed E-state index contributed by atoms with van der Waals surface area (Å²) in [6.45, 7) is 6.32.